The zero-order chi connectivity index (χ0) is 27.9. The minimum absolute atomic E-state index is 1.01. The predicted octanol–water partition coefficient (Wildman–Crippen LogP) is 11.7. The van der Waals surface area contributed by atoms with Gasteiger partial charge in [-0.1, -0.05) is 135 Å². The number of aryl methyl sites for hydroxylation is 1. The van der Waals surface area contributed by atoms with Gasteiger partial charge in [0.2, 0.25) is 0 Å². The normalized spacial score (nSPS) is 11.4. The maximum Gasteiger partial charge on any atom is -0.00262 e. The molecule has 0 aliphatic rings. The van der Waals surface area contributed by atoms with Crippen molar-refractivity contribution < 1.29 is 0 Å². The van der Waals surface area contributed by atoms with E-state index < -0.39 is 0 Å². The van der Waals surface area contributed by atoms with Crippen molar-refractivity contribution >= 4 is 38.4 Å². The Kier molecular flexibility index (Phi) is 6.25. The van der Waals surface area contributed by atoms with E-state index in [4.69, 9.17) is 0 Å². The first-order valence-corrected chi connectivity index (χ1v) is 14.5. The summed E-state index contributed by atoms with van der Waals surface area (Å²) in [4.78, 5) is 0. The van der Waals surface area contributed by atoms with E-state index >= 15 is 0 Å². The molecular formula is C41H32. The molecule has 0 spiro atoms. The van der Waals surface area contributed by atoms with Gasteiger partial charge in [-0.05, 0) is 108 Å². The Morgan fingerprint density at radius 2 is 1.02 bits per heavy atom. The molecule has 0 saturated heterocycles. The number of benzene rings is 7. The minimum atomic E-state index is 1.01. The van der Waals surface area contributed by atoms with Crippen LogP contribution in [0.15, 0.2) is 134 Å². The van der Waals surface area contributed by atoms with E-state index in [-0.39, 0.29) is 0 Å². The Morgan fingerprint density at radius 1 is 0.512 bits per heavy atom. The monoisotopic (exact) mass is 524 g/mol. The molecule has 7 aromatic rings. The molecule has 7 aromatic carbocycles. The Labute approximate surface area is 242 Å². The quantitative estimate of drug-likeness (QED) is 0.196. The van der Waals surface area contributed by atoms with Gasteiger partial charge >= 0.3 is 0 Å². The van der Waals surface area contributed by atoms with Crippen molar-refractivity contribution in [2.75, 3.05) is 0 Å². The van der Waals surface area contributed by atoms with Crippen LogP contribution < -0.4 is 0 Å². The van der Waals surface area contributed by atoms with Crippen LogP contribution in [0.4, 0.5) is 0 Å². The van der Waals surface area contributed by atoms with Gasteiger partial charge in [0.25, 0.3) is 0 Å². The second kappa shape index (κ2) is 10.2. The van der Waals surface area contributed by atoms with Crippen LogP contribution in [0, 0.1) is 6.92 Å². The van der Waals surface area contributed by atoms with Gasteiger partial charge in [-0.15, -0.1) is 0 Å². The minimum Gasteiger partial charge on any atom is -0.0985 e. The lowest BCUT2D eigenvalue weighted by Gasteiger charge is -2.18. The first-order valence-electron chi connectivity index (χ1n) is 14.5. The van der Waals surface area contributed by atoms with Gasteiger partial charge < -0.3 is 0 Å². The molecule has 0 fully saturated rings. The largest absolute Gasteiger partial charge is 0.0985 e. The molecule has 0 nitrogen and oxygen atoms in total. The van der Waals surface area contributed by atoms with E-state index in [1.807, 2.05) is 6.08 Å². The van der Waals surface area contributed by atoms with E-state index in [1.165, 1.54) is 82.4 Å². The predicted molar refractivity (Wildman–Crippen MR) is 179 cm³/mol. The lowest BCUT2D eigenvalue weighted by Crippen LogP contribution is -1.93. The summed E-state index contributed by atoms with van der Waals surface area (Å²) in [5.41, 5.74) is 11.5. The highest BCUT2D eigenvalue weighted by Gasteiger charge is 2.17. The summed E-state index contributed by atoms with van der Waals surface area (Å²) in [5, 5.41) is 7.64. The molecule has 0 aliphatic carbocycles. The van der Waals surface area contributed by atoms with Gasteiger partial charge in [0.1, 0.15) is 0 Å². The maximum absolute atomic E-state index is 4.06. The first kappa shape index (κ1) is 25.1. The molecule has 0 heterocycles. The summed E-state index contributed by atoms with van der Waals surface area (Å²) in [6.45, 7) is 8.47. The van der Waals surface area contributed by atoms with E-state index in [2.05, 4.69) is 148 Å². The molecule has 0 aliphatic heterocycles. The fraction of sp³-hybridized carbons (Fsp3) is 0.0732. The highest BCUT2D eigenvalue weighted by atomic mass is 14.2. The molecule has 0 saturated carbocycles. The van der Waals surface area contributed by atoms with Crippen molar-refractivity contribution in [1.82, 2.24) is 0 Å². The Morgan fingerprint density at radius 3 is 1.61 bits per heavy atom. The highest BCUT2D eigenvalue weighted by Crippen LogP contribution is 2.44. The van der Waals surface area contributed by atoms with Crippen LogP contribution >= 0.6 is 0 Å². The van der Waals surface area contributed by atoms with Gasteiger partial charge in [-0.2, -0.15) is 0 Å². The zero-order valence-corrected chi connectivity index (χ0v) is 23.6. The second-order valence-electron chi connectivity index (χ2n) is 10.9. The summed E-state index contributed by atoms with van der Waals surface area (Å²) in [7, 11) is 0. The number of hydrogen-bond donors (Lipinski definition) is 0. The van der Waals surface area contributed by atoms with Crippen LogP contribution in [-0.2, 0) is 6.42 Å². The smallest absolute Gasteiger partial charge is 0.00262 e. The third kappa shape index (κ3) is 4.24. The number of fused-ring (bicyclic) bond motifs is 3. The molecule has 0 heteroatoms. The molecule has 0 aromatic heterocycles. The van der Waals surface area contributed by atoms with Crippen LogP contribution in [0.25, 0.3) is 71.8 Å². The topological polar surface area (TPSA) is 0 Å². The Hall–Kier alpha value is -4.94. The van der Waals surface area contributed by atoms with Gasteiger partial charge in [0.15, 0.2) is 0 Å². The maximum atomic E-state index is 4.06. The molecule has 7 rings (SSSR count). The second-order valence-corrected chi connectivity index (χ2v) is 10.9. The van der Waals surface area contributed by atoms with Gasteiger partial charge in [0.05, 0.1) is 0 Å². The average molecular weight is 525 g/mol. The van der Waals surface area contributed by atoms with Gasteiger partial charge in [0, 0.05) is 0 Å². The van der Waals surface area contributed by atoms with Crippen molar-refractivity contribution in [1.29, 1.82) is 0 Å². The molecule has 0 amide bonds. The van der Waals surface area contributed by atoms with Crippen molar-refractivity contribution in [2.45, 2.75) is 20.3 Å². The van der Waals surface area contributed by atoms with Gasteiger partial charge in [-0.3, -0.25) is 0 Å². The van der Waals surface area contributed by atoms with E-state index in [0.29, 0.717) is 0 Å². The van der Waals surface area contributed by atoms with Crippen molar-refractivity contribution in [3.05, 3.63) is 151 Å². The summed E-state index contributed by atoms with van der Waals surface area (Å²) in [6.07, 6.45) is 2.99. The molecule has 196 valence electrons. The van der Waals surface area contributed by atoms with Crippen LogP contribution in [0.2, 0.25) is 0 Å². The van der Waals surface area contributed by atoms with E-state index in [9.17, 15) is 0 Å². The van der Waals surface area contributed by atoms with Crippen molar-refractivity contribution in [3.63, 3.8) is 0 Å². The number of rotatable bonds is 5. The van der Waals surface area contributed by atoms with Crippen molar-refractivity contribution in [2.24, 2.45) is 0 Å². The van der Waals surface area contributed by atoms with E-state index in [1.54, 1.807) is 0 Å². The van der Waals surface area contributed by atoms with Crippen molar-refractivity contribution in [3.8, 4) is 33.4 Å². The molecule has 0 N–H and O–H groups in total. The summed E-state index contributed by atoms with van der Waals surface area (Å²) in [5.74, 6) is 0. The van der Waals surface area contributed by atoms with Crippen LogP contribution in [0.3, 0.4) is 0 Å². The standard InChI is InChI=1S/C41H32/c1-4-28-24-35(25-29(5-2)27(28)3)31-18-21-32(22-19-31)40-36-14-8-10-16-38(36)41(39-17-11-9-15-37(39)40)34-23-20-30-12-6-7-13-33(30)26-34/h4,6-26H,1,5H2,2-3H3. The molecule has 0 atom stereocenters. The zero-order valence-electron chi connectivity index (χ0n) is 23.6. The Balaban J connectivity index is 1.44. The lowest BCUT2D eigenvalue weighted by atomic mass is 9.85. The lowest BCUT2D eigenvalue weighted by molar-refractivity contribution is 1.11. The Bertz CT molecular complexity index is 2030. The van der Waals surface area contributed by atoms with Crippen LogP contribution in [-0.4, -0.2) is 0 Å². The third-order valence-electron chi connectivity index (χ3n) is 8.63. The first-order chi connectivity index (χ1) is 20.2. The average Bonchev–Trinajstić information content (AvgIpc) is 3.03. The van der Waals surface area contributed by atoms with Gasteiger partial charge in [-0.25, -0.2) is 0 Å². The highest BCUT2D eigenvalue weighted by molar-refractivity contribution is 6.21. The number of hydrogen-bond acceptors (Lipinski definition) is 0. The summed E-state index contributed by atoms with van der Waals surface area (Å²) >= 11 is 0. The fourth-order valence-corrected chi connectivity index (χ4v) is 6.47. The summed E-state index contributed by atoms with van der Waals surface area (Å²) < 4.78 is 0. The molecule has 41 heavy (non-hydrogen) atoms. The molecule has 0 radical (unpaired) electrons. The molecular weight excluding hydrogens is 492 g/mol. The fourth-order valence-electron chi connectivity index (χ4n) is 6.47. The van der Waals surface area contributed by atoms with Crippen LogP contribution in [0.5, 0.6) is 0 Å². The van der Waals surface area contributed by atoms with E-state index in [0.717, 1.165) is 6.42 Å². The molecule has 0 unspecified atom stereocenters. The summed E-state index contributed by atoms with van der Waals surface area (Å²) in [6, 6.07) is 46.9. The molecule has 0 bridgehead atoms. The SMILES string of the molecule is C=Cc1cc(-c2ccc(-c3c4ccccc4c(-c4ccc5ccccc5c4)c4ccccc34)cc2)cc(CC)c1C. The van der Waals surface area contributed by atoms with Crippen LogP contribution in [0.1, 0.15) is 23.6 Å². The third-order valence-corrected chi connectivity index (χ3v) is 8.63.